The number of benzene rings is 1. The molecule has 158 valence electrons. The summed E-state index contributed by atoms with van der Waals surface area (Å²) in [5.41, 5.74) is 3.14. The summed E-state index contributed by atoms with van der Waals surface area (Å²) in [6, 6.07) is 13.2. The molecule has 7 nitrogen and oxygen atoms in total. The molecular formula is C24H25N5O2. The van der Waals surface area contributed by atoms with Crippen molar-refractivity contribution in [2.24, 2.45) is 0 Å². The first-order valence-corrected chi connectivity index (χ1v) is 10.2. The quantitative estimate of drug-likeness (QED) is 0.490. The largest absolute Gasteiger partial charge is 0.351 e. The second-order valence-electron chi connectivity index (χ2n) is 7.89. The standard InChI is InChI=1S/C24H25N5O2/c1-16-7-6-8-17-13-19-22(27-21(16)17)20(23(30)26-11-12-28(2)3)15-29(24(19)31)14-18-9-4-5-10-25-18/h4-10,13,15H,11-12,14H2,1-3H3,(H,26,30). The summed E-state index contributed by atoms with van der Waals surface area (Å²) in [6.45, 7) is 3.46. The molecule has 0 aliphatic carbocycles. The molecule has 0 aliphatic heterocycles. The molecule has 3 aromatic heterocycles. The average Bonchev–Trinajstić information content (AvgIpc) is 2.75. The number of fused-ring (bicyclic) bond motifs is 2. The Morgan fingerprint density at radius 1 is 1.13 bits per heavy atom. The van der Waals surface area contributed by atoms with Gasteiger partial charge in [-0.25, -0.2) is 4.98 Å². The van der Waals surface area contributed by atoms with Gasteiger partial charge in [-0.1, -0.05) is 24.3 Å². The van der Waals surface area contributed by atoms with Gasteiger partial charge in [-0.2, -0.15) is 0 Å². The van der Waals surface area contributed by atoms with Gasteiger partial charge in [-0.15, -0.1) is 0 Å². The fourth-order valence-corrected chi connectivity index (χ4v) is 3.58. The van der Waals surface area contributed by atoms with E-state index in [1.165, 1.54) is 4.57 Å². The average molecular weight is 415 g/mol. The smallest absolute Gasteiger partial charge is 0.260 e. The van der Waals surface area contributed by atoms with Crippen LogP contribution in [-0.4, -0.2) is 52.5 Å². The van der Waals surface area contributed by atoms with E-state index in [1.807, 2.05) is 68.4 Å². The van der Waals surface area contributed by atoms with Gasteiger partial charge in [0.25, 0.3) is 11.5 Å². The predicted molar refractivity (Wildman–Crippen MR) is 122 cm³/mol. The summed E-state index contributed by atoms with van der Waals surface area (Å²) < 4.78 is 1.54. The van der Waals surface area contributed by atoms with E-state index in [0.29, 0.717) is 29.6 Å². The van der Waals surface area contributed by atoms with Crippen LogP contribution in [0.4, 0.5) is 0 Å². The van der Waals surface area contributed by atoms with E-state index in [1.54, 1.807) is 12.4 Å². The summed E-state index contributed by atoms with van der Waals surface area (Å²) in [5.74, 6) is -0.248. The molecule has 4 rings (SSSR count). The van der Waals surface area contributed by atoms with Crippen molar-refractivity contribution in [2.45, 2.75) is 13.5 Å². The number of rotatable bonds is 6. The lowest BCUT2D eigenvalue weighted by Crippen LogP contribution is -2.33. The van der Waals surface area contributed by atoms with Gasteiger partial charge >= 0.3 is 0 Å². The Bertz CT molecular complexity index is 1310. The zero-order valence-electron chi connectivity index (χ0n) is 17.9. The van der Waals surface area contributed by atoms with Crippen LogP contribution in [-0.2, 0) is 6.54 Å². The highest BCUT2D eigenvalue weighted by Gasteiger charge is 2.18. The summed E-state index contributed by atoms with van der Waals surface area (Å²) in [7, 11) is 3.90. The summed E-state index contributed by atoms with van der Waals surface area (Å²) in [5, 5.41) is 4.24. The van der Waals surface area contributed by atoms with Gasteiger partial charge in [0.15, 0.2) is 0 Å². The third kappa shape index (κ3) is 4.32. The second kappa shape index (κ2) is 8.65. The van der Waals surface area contributed by atoms with Gasteiger partial charge < -0.3 is 14.8 Å². The second-order valence-corrected chi connectivity index (χ2v) is 7.89. The molecule has 0 unspecified atom stereocenters. The molecule has 0 fully saturated rings. The maximum atomic E-state index is 13.3. The van der Waals surface area contributed by atoms with Crippen LogP contribution in [0.5, 0.6) is 0 Å². The lowest BCUT2D eigenvalue weighted by molar-refractivity contribution is 0.0951. The van der Waals surface area contributed by atoms with Crippen molar-refractivity contribution in [3.63, 3.8) is 0 Å². The number of hydrogen-bond donors (Lipinski definition) is 1. The molecule has 1 aromatic carbocycles. The van der Waals surface area contributed by atoms with Crippen molar-refractivity contribution in [2.75, 3.05) is 27.2 Å². The minimum atomic E-state index is -0.248. The lowest BCUT2D eigenvalue weighted by Gasteiger charge is -2.14. The molecular weight excluding hydrogens is 390 g/mol. The number of likely N-dealkylation sites (N-methyl/N-ethyl adjacent to an activating group) is 1. The van der Waals surface area contributed by atoms with Crippen LogP contribution in [0.2, 0.25) is 0 Å². The number of carbonyl (C=O) groups excluding carboxylic acids is 1. The van der Waals surface area contributed by atoms with E-state index in [2.05, 4.69) is 10.3 Å². The lowest BCUT2D eigenvalue weighted by atomic mass is 10.1. The molecule has 4 aromatic rings. The van der Waals surface area contributed by atoms with Crippen LogP contribution in [0.3, 0.4) is 0 Å². The SMILES string of the molecule is Cc1cccc2cc3c(=O)n(Cc4ccccn4)cc(C(=O)NCCN(C)C)c3nc12. The Kier molecular flexibility index (Phi) is 5.77. The molecule has 0 saturated heterocycles. The maximum absolute atomic E-state index is 13.3. The number of hydrogen-bond acceptors (Lipinski definition) is 5. The Balaban J connectivity index is 1.89. The topological polar surface area (TPSA) is 80.1 Å². The van der Waals surface area contributed by atoms with E-state index in [4.69, 9.17) is 4.98 Å². The van der Waals surface area contributed by atoms with Crippen molar-refractivity contribution in [1.82, 2.24) is 24.8 Å². The predicted octanol–water partition coefficient (Wildman–Crippen LogP) is 2.59. The summed E-state index contributed by atoms with van der Waals surface area (Å²) >= 11 is 0. The van der Waals surface area contributed by atoms with E-state index in [9.17, 15) is 9.59 Å². The van der Waals surface area contributed by atoms with Crippen LogP contribution in [0.15, 0.2) is 59.7 Å². The highest BCUT2D eigenvalue weighted by atomic mass is 16.2. The van der Waals surface area contributed by atoms with Gasteiger partial charge in [0.1, 0.15) is 0 Å². The van der Waals surface area contributed by atoms with Crippen LogP contribution in [0, 0.1) is 6.92 Å². The number of aromatic nitrogens is 3. The van der Waals surface area contributed by atoms with Crippen molar-refractivity contribution in [3.05, 3.63) is 82.0 Å². The van der Waals surface area contributed by atoms with E-state index < -0.39 is 0 Å². The van der Waals surface area contributed by atoms with E-state index >= 15 is 0 Å². The number of carbonyl (C=O) groups is 1. The van der Waals surface area contributed by atoms with Crippen molar-refractivity contribution >= 4 is 27.7 Å². The number of nitrogens with one attached hydrogen (secondary N) is 1. The fraction of sp³-hybridized carbons (Fsp3) is 0.250. The van der Waals surface area contributed by atoms with Crippen LogP contribution in [0.1, 0.15) is 21.6 Å². The van der Waals surface area contributed by atoms with E-state index in [0.717, 1.165) is 22.2 Å². The fourth-order valence-electron chi connectivity index (χ4n) is 3.58. The zero-order valence-corrected chi connectivity index (χ0v) is 17.9. The minimum absolute atomic E-state index is 0.193. The molecule has 7 heteroatoms. The Hall–Kier alpha value is -3.58. The molecule has 0 spiro atoms. The molecule has 0 saturated carbocycles. The van der Waals surface area contributed by atoms with E-state index in [-0.39, 0.29) is 18.0 Å². The first-order valence-electron chi connectivity index (χ1n) is 10.2. The van der Waals surface area contributed by atoms with Gasteiger partial charge in [0, 0.05) is 30.9 Å². The third-order valence-electron chi connectivity index (χ3n) is 5.23. The van der Waals surface area contributed by atoms with Crippen molar-refractivity contribution in [3.8, 4) is 0 Å². The summed E-state index contributed by atoms with van der Waals surface area (Å²) in [4.78, 5) is 37.4. The monoisotopic (exact) mass is 415 g/mol. The Morgan fingerprint density at radius 2 is 1.97 bits per heavy atom. The number of para-hydroxylation sites is 1. The van der Waals surface area contributed by atoms with Gasteiger partial charge in [-0.05, 0) is 44.8 Å². The van der Waals surface area contributed by atoms with Crippen molar-refractivity contribution < 1.29 is 4.79 Å². The van der Waals surface area contributed by atoms with Gasteiger partial charge in [0.05, 0.1) is 34.2 Å². The Morgan fingerprint density at radius 3 is 2.71 bits per heavy atom. The van der Waals surface area contributed by atoms with Crippen LogP contribution in [0.25, 0.3) is 21.8 Å². The highest BCUT2D eigenvalue weighted by Crippen LogP contribution is 2.22. The minimum Gasteiger partial charge on any atom is -0.351 e. The van der Waals surface area contributed by atoms with Crippen molar-refractivity contribution in [1.29, 1.82) is 0 Å². The Labute approximate surface area is 180 Å². The third-order valence-corrected chi connectivity index (χ3v) is 5.23. The number of aryl methyl sites for hydroxylation is 1. The highest BCUT2D eigenvalue weighted by molar-refractivity contribution is 6.07. The molecule has 0 aliphatic rings. The molecule has 3 heterocycles. The van der Waals surface area contributed by atoms with Crippen LogP contribution >= 0.6 is 0 Å². The molecule has 0 bridgehead atoms. The normalized spacial score (nSPS) is 11.4. The zero-order chi connectivity index (χ0) is 22.0. The molecule has 0 radical (unpaired) electrons. The molecule has 31 heavy (non-hydrogen) atoms. The molecule has 0 atom stereocenters. The number of pyridine rings is 3. The molecule has 1 amide bonds. The van der Waals surface area contributed by atoms with Gasteiger partial charge in [-0.3, -0.25) is 14.6 Å². The molecule has 1 N–H and O–H groups in total. The number of nitrogens with zero attached hydrogens (tertiary/aromatic N) is 4. The van der Waals surface area contributed by atoms with Gasteiger partial charge in [0.2, 0.25) is 0 Å². The van der Waals surface area contributed by atoms with Crippen LogP contribution < -0.4 is 10.9 Å². The maximum Gasteiger partial charge on any atom is 0.260 e. The number of amides is 1. The summed E-state index contributed by atoms with van der Waals surface area (Å²) in [6.07, 6.45) is 3.29. The first-order chi connectivity index (χ1) is 14.9. The first kappa shape index (κ1) is 20.7.